The predicted octanol–water partition coefficient (Wildman–Crippen LogP) is 2.24. The number of halogens is 2. The summed E-state index contributed by atoms with van der Waals surface area (Å²) in [6.07, 6.45) is 1.37. The Balaban J connectivity index is 2.45. The van der Waals surface area contributed by atoms with Crippen molar-refractivity contribution in [3.05, 3.63) is 0 Å². The molecule has 0 aromatic heterocycles. The molecule has 0 N–H and O–H groups in total. The van der Waals surface area contributed by atoms with Gasteiger partial charge in [-0.3, -0.25) is 0 Å². The normalized spacial score (nSPS) is 9.43. The lowest BCUT2D eigenvalue weighted by Gasteiger charge is -1.86. The van der Waals surface area contributed by atoms with E-state index >= 15 is 0 Å². The van der Waals surface area contributed by atoms with Gasteiger partial charge in [-0.2, -0.15) is 0 Å². The van der Waals surface area contributed by atoms with Crippen molar-refractivity contribution in [3.8, 4) is 0 Å². The van der Waals surface area contributed by atoms with Crippen LogP contribution in [0.4, 0.5) is 0 Å². The maximum absolute atomic E-state index is 3.40. The summed E-state index contributed by atoms with van der Waals surface area (Å²) in [4.78, 5) is 0. The van der Waals surface area contributed by atoms with Crippen molar-refractivity contribution in [1.82, 2.24) is 0 Å². The van der Waals surface area contributed by atoms with Crippen LogP contribution in [0, 0.1) is 0 Å². The van der Waals surface area contributed by atoms with Gasteiger partial charge in [0.2, 0.25) is 0 Å². The van der Waals surface area contributed by atoms with Gasteiger partial charge in [0.05, 0.1) is 0 Å². The van der Waals surface area contributed by atoms with Crippen molar-refractivity contribution >= 4 is 46.9 Å². The molecule has 0 unspecified atom stereocenters. The van der Waals surface area contributed by atoms with Crippen molar-refractivity contribution < 1.29 is 0 Å². The monoisotopic (exact) mass is 256 g/mol. The van der Waals surface area contributed by atoms with Crippen molar-refractivity contribution in [3.63, 3.8) is 0 Å². The summed E-state index contributed by atoms with van der Waals surface area (Å²) < 4.78 is 0. The first-order valence-electron chi connectivity index (χ1n) is 2.09. The fourth-order valence-electron chi connectivity index (χ4n) is 0.222. The Kier molecular flexibility index (Phi) is 8.87. The quantitative estimate of drug-likeness (QED) is 0.412. The fourth-order valence-corrected chi connectivity index (χ4v) is 2.88. The highest BCUT2D eigenvalue weighted by Crippen LogP contribution is 1.98. The lowest BCUT2D eigenvalue weighted by molar-refractivity contribution is 1.07. The highest BCUT2D eigenvalue weighted by Gasteiger charge is 1.84. The third-order valence-corrected chi connectivity index (χ3v) is 4.01. The van der Waals surface area contributed by atoms with Crippen LogP contribution >= 0.6 is 30.6 Å². The van der Waals surface area contributed by atoms with Crippen LogP contribution in [0.25, 0.3) is 0 Å². The molecule has 0 saturated carbocycles. The zero-order valence-electron chi connectivity index (χ0n) is 3.88. The molecule has 40 valence electrons. The minimum Gasteiger partial charge on any atom is -0.131 e. The summed E-state index contributed by atoms with van der Waals surface area (Å²) in [6.45, 7) is 0. The van der Waals surface area contributed by atoms with E-state index < -0.39 is 0 Å². The van der Waals surface area contributed by atoms with E-state index in [2.05, 4.69) is 30.6 Å². The standard InChI is InChI=1S/C3H6Br2Si2/c4-6-2-1-3-7-5/h1-3H2. The van der Waals surface area contributed by atoms with Gasteiger partial charge in [0.15, 0.2) is 0 Å². The maximum Gasteiger partial charge on any atom is 0.137 e. The van der Waals surface area contributed by atoms with Crippen LogP contribution in [0.1, 0.15) is 6.42 Å². The molecular formula is C3H6Br2Si2. The van der Waals surface area contributed by atoms with E-state index in [1.54, 1.807) is 0 Å². The van der Waals surface area contributed by atoms with Crippen molar-refractivity contribution in [1.29, 1.82) is 0 Å². The Hall–Kier alpha value is 1.39. The van der Waals surface area contributed by atoms with Gasteiger partial charge in [0.1, 0.15) is 16.3 Å². The molecule has 0 rings (SSSR count). The van der Waals surface area contributed by atoms with Crippen LogP contribution in [0.5, 0.6) is 0 Å². The minimum absolute atomic E-state index is 0.964. The lowest BCUT2D eigenvalue weighted by Crippen LogP contribution is -1.79. The van der Waals surface area contributed by atoms with Gasteiger partial charge < -0.3 is 0 Å². The van der Waals surface area contributed by atoms with Crippen molar-refractivity contribution in [2.75, 3.05) is 0 Å². The van der Waals surface area contributed by atoms with E-state index in [9.17, 15) is 0 Å². The Morgan fingerprint density at radius 3 is 1.71 bits per heavy atom. The molecule has 0 aliphatic rings. The molecule has 0 amide bonds. The largest absolute Gasteiger partial charge is 0.137 e. The summed E-state index contributed by atoms with van der Waals surface area (Å²) in [7, 11) is 1.93. The second-order valence-electron chi connectivity index (χ2n) is 1.12. The Morgan fingerprint density at radius 2 is 1.43 bits per heavy atom. The fraction of sp³-hybridized carbons (Fsp3) is 1.00. The molecule has 0 bridgehead atoms. The highest BCUT2D eigenvalue weighted by molar-refractivity contribution is 9.23. The van der Waals surface area contributed by atoms with E-state index in [1.165, 1.54) is 18.5 Å². The molecule has 4 heteroatoms. The van der Waals surface area contributed by atoms with E-state index in [-0.39, 0.29) is 0 Å². The number of hydrogen-bond donors (Lipinski definition) is 0. The summed E-state index contributed by atoms with van der Waals surface area (Å²) in [5.41, 5.74) is 0. The second kappa shape index (κ2) is 7.39. The van der Waals surface area contributed by atoms with E-state index in [4.69, 9.17) is 0 Å². The van der Waals surface area contributed by atoms with Crippen LogP contribution in [0.15, 0.2) is 0 Å². The summed E-state index contributed by atoms with van der Waals surface area (Å²) in [5.74, 6) is 0. The van der Waals surface area contributed by atoms with E-state index in [1.807, 2.05) is 0 Å². The first-order valence-corrected chi connectivity index (χ1v) is 9.01. The first kappa shape index (κ1) is 8.39. The molecule has 0 heterocycles. The summed E-state index contributed by atoms with van der Waals surface area (Å²) >= 11 is 6.79. The third-order valence-electron chi connectivity index (χ3n) is 0.543. The van der Waals surface area contributed by atoms with Gasteiger partial charge in [-0.05, 0) is 0 Å². The Morgan fingerprint density at radius 1 is 1.00 bits per heavy atom. The first-order chi connectivity index (χ1) is 3.41. The molecule has 0 atom stereocenters. The van der Waals surface area contributed by atoms with Gasteiger partial charge in [-0.1, -0.05) is 18.5 Å². The molecule has 0 aliphatic carbocycles. The molecule has 0 aromatic carbocycles. The smallest absolute Gasteiger partial charge is 0.131 e. The molecule has 7 heavy (non-hydrogen) atoms. The molecule has 0 nitrogen and oxygen atoms in total. The van der Waals surface area contributed by atoms with E-state index in [0.29, 0.717) is 0 Å². The van der Waals surface area contributed by atoms with Crippen molar-refractivity contribution in [2.45, 2.75) is 18.5 Å². The zero-order valence-corrected chi connectivity index (χ0v) is 9.05. The topological polar surface area (TPSA) is 0 Å². The van der Waals surface area contributed by atoms with Gasteiger partial charge >= 0.3 is 0 Å². The molecule has 0 spiro atoms. The van der Waals surface area contributed by atoms with Gasteiger partial charge in [-0.25, -0.2) is 0 Å². The number of hydrogen-bond acceptors (Lipinski definition) is 0. The van der Waals surface area contributed by atoms with Crippen LogP contribution in [-0.4, -0.2) is 16.3 Å². The highest BCUT2D eigenvalue weighted by atomic mass is 79.9. The Labute approximate surface area is 65.3 Å². The maximum atomic E-state index is 3.40. The molecular weight excluding hydrogens is 252 g/mol. The van der Waals surface area contributed by atoms with Gasteiger partial charge in [0.25, 0.3) is 0 Å². The molecule has 0 aliphatic heterocycles. The predicted molar refractivity (Wildman–Crippen MR) is 43.6 cm³/mol. The van der Waals surface area contributed by atoms with Gasteiger partial charge in [0, 0.05) is 0 Å². The number of rotatable bonds is 4. The molecule has 4 radical (unpaired) electrons. The lowest BCUT2D eigenvalue weighted by atomic mass is 10.6. The van der Waals surface area contributed by atoms with Crippen LogP contribution in [0.2, 0.25) is 12.1 Å². The average molecular weight is 258 g/mol. The van der Waals surface area contributed by atoms with Crippen LogP contribution in [-0.2, 0) is 0 Å². The van der Waals surface area contributed by atoms with Gasteiger partial charge in [-0.15, -0.1) is 30.6 Å². The summed E-state index contributed by atoms with van der Waals surface area (Å²) in [5, 5.41) is 0. The minimum atomic E-state index is 0.964. The molecule has 0 saturated heterocycles. The molecule has 0 fully saturated rings. The van der Waals surface area contributed by atoms with E-state index in [0.717, 1.165) is 16.3 Å². The average Bonchev–Trinajstić information content (AvgIpc) is 1.69. The van der Waals surface area contributed by atoms with Crippen LogP contribution in [0.3, 0.4) is 0 Å². The SMILES string of the molecule is Br[Si]CCC[Si]Br. The summed E-state index contributed by atoms with van der Waals surface area (Å²) in [6, 6.07) is 2.69. The third kappa shape index (κ3) is 7.39. The Bertz CT molecular complexity index is 30.1. The van der Waals surface area contributed by atoms with Crippen molar-refractivity contribution in [2.24, 2.45) is 0 Å². The zero-order chi connectivity index (χ0) is 5.54. The second-order valence-corrected chi connectivity index (χ2v) is 6.02. The van der Waals surface area contributed by atoms with Crippen LogP contribution < -0.4 is 0 Å². The molecule has 0 aromatic rings.